The van der Waals surface area contributed by atoms with Crippen LogP contribution in [0.5, 0.6) is 5.75 Å². The number of guanidine groups is 1. The fourth-order valence-corrected chi connectivity index (χ4v) is 3.04. The molecule has 2 N–H and O–H groups in total. The summed E-state index contributed by atoms with van der Waals surface area (Å²) in [6.07, 6.45) is 0. The van der Waals surface area contributed by atoms with Crippen LogP contribution >= 0.6 is 35.3 Å². The quantitative estimate of drug-likeness (QED) is 0.360. The van der Waals surface area contributed by atoms with Crippen molar-refractivity contribution in [1.29, 1.82) is 0 Å². The van der Waals surface area contributed by atoms with Crippen molar-refractivity contribution in [2.75, 3.05) is 13.7 Å². The highest BCUT2D eigenvalue weighted by molar-refractivity contribution is 14.0. The molecule has 2 aromatic rings. The van der Waals surface area contributed by atoms with Crippen LogP contribution in [0.25, 0.3) is 0 Å². The molecular formula is C18H27IN4OS. The van der Waals surface area contributed by atoms with Crippen LogP contribution in [-0.2, 0) is 13.1 Å². The van der Waals surface area contributed by atoms with E-state index in [1.165, 1.54) is 0 Å². The van der Waals surface area contributed by atoms with Crippen LogP contribution in [-0.4, -0.2) is 24.6 Å². The van der Waals surface area contributed by atoms with E-state index in [0.29, 0.717) is 25.6 Å². The monoisotopic (exact) mass is 474 g/mol. The van der Waals surface area contributed by atoms with E-state index in [1.807, 2.05) is 25.1 Å². The molecule has 0 bridgehead atoms. The predicted molar refractivity (Wildman–Crippen MR) is 116 cm³/mol. The summed E-state index contributed by atoms with van der Waals surface area (Å²) in [7, 11) is 1.77. The Balaban J connectivity index is 0.00000312. The van der Waals surface area contributed by atoms with Gasteiger partial charge < -0.3 is 15.4 Å². The third-order valence-corrected chi connectivity index (χ3v) is 4.33. The first-order chi connectivity index (χ1) is 11.6. The first-order valence-electron chi connectivity index (χ1n) is 8.23. The number of rotatable bonds is 7. The van der Waals surface area contributed by atoms with E-state index in [9.17, 15) is 0 Å². The second kappa shape index (κ2) is 11.3. The van der Waals surface area contributed by atoms with Crippen LogP contribution in [0.4, 0.5) is 0 Å². The standard InChI is InChI=1S/C18H26N4OS.HI/c1-5-23-15-8-6-7-14(9-15)10-20-18(19-4)21-11-17-22-16(12-24-17)13(2)3;/h6-9,12-13H,5,10-11H2,1-4H3,(H2,19,20,21);1H. The third-order valence-electron chi connectivity index (χ3n) is 3.46. The van der Waals surface area contributed by atoms with Gasteiger partial charge in [-0.25, -0.2) is 4.98 Å². The molecule has 1 aromatic heterocycles. The zero-order valence-corrected chi connectivity index (χ0v) is 18.4. The molecule has 0 unspecified atom stereocenters. The average Bonchev–Trinajstić information content (AvgIpc) is 3.05. The van der Waals surface area contributed by atoms with Crippen molar-refractivity contribution in [3.05, 3.63) is 45.9 Å². The number of aromatic nitrogens is 1. The zero-order chi connectivity index (χ0) is 17.4. The van der Waals surface area contributed by atoms with Crippen LogP contribution in [0, 0.1) is 0 Å². The van der Waals surface area contributed by atoms with Crippen molar-refractivity contribution in [2.45, 2.75) is 39.8 Å². The van der Waals surface area contributed by atoms with Gasteiger partial charge in [-0.2, -0.15) is 0 Å². The van der Waals surface area contributed by atoms with Crippen LogP contribution in [0.2, 0.25) is 0 Å². The average molecular weight is 474 g/mol. The normalized spacial score (nSPS) is 11.2. The highest BCUT2D eigenvalue weighted by atomic mass is 127. The van der Waals surface area contributed by atoms with E-state index >= 15 is 0 Å². The lowest BCUT2D eigenvalue weighted by Gasteiger charge is -2.12. The Hall–Kier alpha value is -1.35. The minimum atomic E-state index is 0. The fourth-order valence-electron chi connectivity index (χ4n) is 2.15. The summed E-state index contributed by atoms with van der Waals surface area (Å²) in [6, 6.07) is 8.08. The number of benzene rings is 1. The number of ether oxygens (including phenoxy) is 1. The minimum Gasteiger partial charge on any atom is -0.494 e. The Morgan fingerprint density at radius 1 is 1.28 bits per heavy atom. The lowest BCUT2D eigenvalue weighted by Crippen LogP contribution is -2.36. The SMILES string of the molecule is CCOc1cccc(CNC(=NC)NCc2nc(C(C)C)cs2)c1.I. The van der Waals surface area contributed by atoms with E-state index in [1.54, 1.807) is 18.4 Å². The van der Waals surface area contributed by atoms with Crippen LogP contribution < -0.4 is 15.4 Å². The molecule has 1 aromatic carbocycles. The summed E-state index contributed by atoms with van der Waals surface area (Å²) < 4.78 is 5.53. The van der Waals surface area contributed by atoms with E-state index in [4.69, 9.17) is 4.74 Å². The molecule has 0 amide bonds. The number of nitrogens with zero attached hydrogens (tertiary/aromatic N) is 2. The van der Waals surface area contributed by atoms with Crippen molar-refractivity contribution in [3.63, 3.8) is 0 Å². The number of thiazole rings is 1. The van der Waals surface area contributed by atoms with Crippen molar-refractivity contribution in [1.82, 2.24) is 15.6 Å². The molecule has 0 atom stereocenters. The smallest absolute Gasteiger partial charge is 0.191 e. The van der Waals surface area contributed by atoms with Crippen molar-refractivity contribution in [2.24, 2.45) is 4.99 Å². The molecule has 2 rings (SSSR count). The number of hydrogen-bond donors (Lipinski definition) is 2. The summed E-state index contributed by atoms with van der Waals surface area (Å²) >= 11 is 1.68. The van der Waals surface area contributed by atoms with Gasteiger partial charge in [0.2, 0.25) is 0 Å². The van der Waals surface area contributed by atoms with Gasteiger partial charge in [0.05, 0.1) is 18.8 Å². The Labute approximate surface area is 171 Å². The summed E-state index contributed by atoms with van der Waals surface area (Å²) in [5, 5.41) is 9.81. The molecule has 0 aliphatic heterocycles. The van der Waals surface area contributed by atoms with E-state index < -0.39 is 0 Å². The Bertz CT molecular complexity index is 673. The van der Waals surface area contributed by atoms with Crippen molar-refractivity contribution < 1.29 is 4.74 Å². The van der Waals surface area contributed by atoms with Gasteiger partial charge in [-0.3, -0.25) is 4.99 Å². The van der Waals surface area contributed by atoms with E-state index in [2.05, 4.69) is 45.9 Å². The molecule has 7 heteroatoms. The topological polar surface area (TPSA) is 58.5 Å². The summed E-state index contributed by atoms with van der Waals surface area (Å²) in [4.78, 5) is 8.88. The molecule has 0 radical (unpaired) electrons. The molecule has 0 spiro atoms. The molecule has 138 valence electrons. The molecule has 0 saturated carbocycles. The van der Waals surface area contributed by atoms with Gasteiger partial charge in [-0.1, -0.05) is 26.0 Å². The number of nitrogens with one attached hydrogen (secondary N) is 2. The molecule has 0 aliphatic carbocycles. The van der Waals surface area contributed by atoms with Crippen molar-refractivity contribution >= 4 is 41.3 Å². The lowest BCUT2D eigenvalue weighted by atomic mass is 10.2. The Kier molecular flexibility index (Phi) is 9.81. The molecular weight excluding hydrogens is 447 g/mol. The molecule has 1 heterocycles. The van der Waals surface area contributed by atoms with Gasteiger partial charge in [-0.05, 0) is 30.5 Å². The van der Waals surface area contributed by atoms with Gasteiger partial charge in [0.1, 0.15) is 10.8 Å². The van der Waals surface area contributed by atoms with Gasteiger partial charge in [0.15, 0.2) is 5.96 Å². The van der Waals surface area contributed by atoms with Crippen LogP contribution in [0.1, 0.15) is 43.0 Å². The van der Waals surface area contributed by atoms with Gasteiger partial charge >= 0.3 is 0 Å². The second-order valence-electron chi connectivity index (χ2n) is 5.68. The van der Waals surface area contributed by atoms with E-state index in [0.717, 1.165) is 28.0 Å². The highest BCUT2D eigenvalue weighted by Gasteiger charge is 2.06. The maximum atomic E-state index is 5.53. The van der Waals surface area contributed by atoms with Crippen molar-refractivity contribution in [3.8, 4) is 5.75 Å². The molecule has 0 fully saturated rings. The second-order valence-corrected chi connectivity index (χ2v) is 6.62. The predicted octanol–water partition coefficient (Wildman–Crippen LogP) is 4.15. The third kappa shape index (κ3) is 7.19. The molecule has 0 aliphatic rings. The molecule has 25 heavy (non-hydrogen) atoms. The summed E-state index contributed by atoms with van der Waals surface area (Å²) in [5.41, 5.74) is 2.30. The Morgan fingerprint density at radius 3 is 2.68 bits per heavy atom. The maximum Gasteiger partial charge on any atom is 0.191 e. The summed E-state index contributed by atoms with van der Waals surface area (Å²) in [6.45, 7) is 8.34. The first-order valence-corrected chi connectivity index (χ1v) is 9.11. The molecule has 0 saturated heterocycles. The van der Waals surface area contributed by atoms with Crippen LogP contribution in [0.3, 0.4) is 0 Å². The molecule has 5 nitrogen and oxygen atoms in total. The summed E-state index contributed by atoms with van der Waals surface area (Å²) in [5.74, 6) is 2.12. The highest BCUT2D eigenvalue weighted by Crippen LogP contribution is 2.17. The number of hydrogen-bond acceptors (Lipinski definition) is 4. The number of aliphatic imine (C=N–C) groups is 1. The minimum absolute atomic E-state index is 0. The first kappa shape index (κ1) is 21.7. The van der Waals surface area contributed by atoms with Gasteiger partial charge in [0.25, 0.3) is 0 Å². The maximum absolute atomic E-state index is 5.53. The lowest BCUT2D eigenvalue weighted by molar-refractivity contribution is 0.340. The number of halogens is 1. The zero-order valence-electron chi connectivity index (χ0n) is 15.2. The van der Waals surface area contributed by atoms with Gasteiger partial charge in [-0.15, -0.1) is 35.3 Å². The Morgan fingerprint density at radius 2 is 2.04 bits per heavy atom. The largest absolute Gasteiger partial charge is 0.494 e. The van der Waals surface area contributed by atoms with Crippen LogP contribution in [0.15, 0.2) is 34.6 Å². The van der Waals surface area contributed by atoms with Gasteiger partial charge in [0, 0.05) is 19.0 Å². The van der Waals surface area contributed by atoms with E-state index in [-0.39, 0.29) is 24.0 Å². The fraction of sp³-hybridized carbons (Fsp3) is 0.444.